The molecule has 3 nitrogen and oxygen atoms in total. The highest BCUT2D eigenvalue weighted by molar-refractivity contribution is 5.05. The largest absolute Gasteiger partial charge is 0.468 e. The highest BCUT2D eigenvalue weighted by Crippen LogP contribution is 2.21. The first kappa shape index (κ1) is 13.3. The molecule has 16 heavy (non-hydrogen) atoms. The molecule has 3 heteroatoms. The summed E-state index contributed by atoms with van der Waals surface area (Å²) in [5, 5.41) is 0. The van der Waals surface area contributed by atoms with Gasteiger partial charge in [0.1, 0.15) is 5.76 Å². The molecule has 0 aromatic carbocycles. The van der Waals surface area contributed by atoms with Gasteiger partial charge in [0, 0.05) is 13.1 Å². The van der Waals surface area contributed by atoms with E-state index >= 15 is 0 Å². The SMILES string of the molecule is CCC(C)CN(CC)C(CN)c1ccco1. The zero-order valence-electron chi connectivity index (χ0n) is 10.6. The van der Waals surface area contributed by atoms with Crippen LogP contribution in [-0.2, 0) is 0 Å². The molecule has 1 aromatic rings. The Balaban J connectivity index is 2.68. The molecule has 2 unspecified atom stereocenters. The van der Waals surface area contributed by atoms with Gasteiger partial charge >= 0.3 is 0 Å². The molecule has 0 aliphatic heterocycles. The van der Waals surface area contributed by atoms with Crippen molar-refractivity contribution in [3.8, 4) is 0 Å². The van der Waals surface area contributed by atoms with Gasteiger partial charge < -0.3 is 10.2 Å². The van der Waals surface area contributed by atoms with E-state index < -0.39 is 0 Å². The van der Waals surface area contributed by atoms with Gasteiger partial charge in [-0.1, -0.05) is 27.2 Å². The van der Waals surface area contributed by atoms with E-state index in [4.69, 9.17) is 10.2 Å². The van der Waals surface area contributed by atoms with Crippen molar-refractivity contribution < 1.29 is 4.42 Å². The van der Waals surface area contributed by atoms with Gasteiger partial charge in [0.15, 0.2) is 0 Å². The molecule has 0 radical (unpaired) electrons. The molecule has 0 saturated heterocycles. The van der Waals surface area contributed by atoms with E-state index in [1.54, 1.807) is 6.26 Å². The van der Waals surface area contributed by atoms with Crippen LogP contribution in [0.1, 0.15) is 39.0 Å². The van der Waals surface area contributed by atoms with Gasteiger partial charge in [-0.15, -0.1) is 0 Å². The Morgan fingerprint density at radius 1 is 1.44 bits per heavy atom. The number of furan rings is 1. The van der Waals surface area contributed by atoms with Crippen LogP contribution in [0.25, 0.3) is 0 Å². The Bertz CT molecular complexity index is 271. The van der Waals surface area contributed by atoms with Gasteiger partial charge in [0.2, 0.25) is 0 Å². The number of hydrogen-bond acceptors (Lipinski definition) is 3. The van der Waals surface area contributed by atoms with Gasteiger partial charge in [0.05, 0.1) is 12.3 Å². The van der Waals surface area contributed by atoms with E-state index in [2.05, 4.69) is 25.7 Å². The van der Waals surface area contributed by atoms with E-state index in [1.807, 2.05) is 12.1 Å². The first-order valence-electron chi connectivity index (χ1n) is 6.20. The lowest BCUT2D eigenvalue weighted by Crippen LogP contribution is -2.36. The third kappa shape index (κ3) is 3.35. The van der Waals surface area contributed by atoms with Gasteiger partial charge in [-0.25, -0.2) is 0 Å². The lowest BCUT2D eigenvalue weighted by Gasteiger charge is -2.30. The molecule has 0 saturated carbocycles. The Labute approximate surface area is 98.6 Å². The summed E-state index contributed by atoms with van der Waals surface area (Å²) < 4.78 is 5.46. The Morgan fingerprint density at radius 3 is 2.62 bits per heavy atom. The maximum absolute atomic E-state index is 5.86. The van der Waals surface area contributed by atoms with Crippen LogP contribution in [0.4, 0.5) is 0 Å². The number of rotatable bonds is 7. The molecule has 0 spiro atoms. The van der Waals surface area contributed by atoms with Gasteiger partial charge in [-0.2, -0.15) is 0 Å². The quantitative estimate of drug-likeness (QED) is 0.774. The van der Waals surface area contributed by atoms with Crippen LogP contribution in [0, 0.1) is 5.92 Å². The predicted octanol–water partition coefficient (Wildman–Crippen LogP) is 2.65. The summed E-state index contributed by atoms with van der Waals surface area (Å²) in [6.45, 7) is 9.37. The van der Waals surface area contributed by atoms with Crippen molar-refractivity contribution in [3.63, 3.8) is 0 Å². The summed E-state index contributed by atoms with van der Waals surface area (Å²) >= 11 is 0. The predicted molar refractivity (Wildman–Crippen MR) is 67.2 cm³/mol. The second-order valence-corrected chi connectivity index (χ2v) is 4.37. The van der Waals surface area contributed by atoms with Crippen LogP contribution in [0.5, 0.6) is 0 Å². The summed E-state index contributed by atoms with van der Waals surface area (Å²) in [5.41, 5.74) is 5.86. The van der Waals surface area contributed by atoms with Gasteiger partial charge in [-0.05, 0) is 24.6 Å². The lowest BCUT2D eigenvalue weighted by atomic mass is 10.1. The number of likely N-dealkylation sites (N-methyl/N-ethyl adjacent to an activating group) is 1. The summed E-state index contributed by atoms with van der Waals surface area (Å²) in [4.78, 5) is 2.40. The van der Waals surface area contributed by atoms with Crippen molar-refractivity contribution >= 4 is 0 Å². The molecule has 0 bridgehead atoms. The molecule has 0 amide bonds. The van der Waals surface area contributed by atoms with Crippen molar-refractivity contribution in [2.75, 3.05) is 19.6 Å². The van der Waals surface area contributed by atoms with Crippen LogP contribution in [-0.4, -0.2) is 24.5 Å². The van der Waals surface area contributed by atoms with Crippen LogP contribution < -0.4 is 5.73 Å². The standard InChI is InChI=1S/C13H24N2O/c1-4-11(3)10-15(5-2)12(9-14)13-7-6-8-16-13/h6-8,11-12H,4-5,9-10,14H2,1-3H3. The van der Waals surface area contributed by atoms with Crippen LogP contribution in [0.15, 0.2) is 22.8 Å². The highest BCUT2D eigenvalue weighted by atomic mass is 16.3. The lowest BCUT2D eigenvalue weighted by molar-refractivity contribution is 0.163. The maximum Gasteiger partial charge on any atom is 0.122 e. The zero-order valence-corrected chi connectivity index (χ0v) is 10.6. The van der Waals surface area contributed by atoms with Crippen LogP contribution in [0.2, 0.25) is 0 Å². The normalized spacial score (nSPS) is 15.3. The zero-order chi connectivity index (χ0) is 12.0. The fourth-order valence-electron chi connectivity index (χ4n) is 1.93. The second-order valence-electron chi connectivity index (χ2n) is 4.37. The van der Waals surface area contributed by atoms with Crippen molar-refractivity contribution in [2.24, 2.45) is 11.7 Å². The van der Waals surface area contributed by atoms with Gasteiger partial charge in [0.25, 0.3) is 0 Å². The third-order valence-corrected chi connectivity index (χ3v) is 3.18. The van der Waals surface area contributed by atoms with E-state index in [0.717, 1.165) is 18.8 Å². The second kappa shape index (κ2) is 6.71. The summed E-state index contributed by atoms with van der Waals surface area (Å²) in [7, 11) is 0. The summed E-state index contributed by atoms with van der Waals surface area (Å²) in [6, 6.07) is 4.15. The van der Waals surface area contributed by atoms with Crippen molar-refractivity contribution in [3.05, 3.63) is 24.2 Å². The first-order valence-corrected chi connectivity index (χ1v) is 6.20. The van der Waals surface area contributed by atoms with Crippen LogP contribution >= 0.6 is 0 Å². The molecule has 2 N–H and O–H groups in total. The minimum atomic E-state index is 0.217. The molecular weight excluding hydrogens is 200 g/mol. The molecule has 2 atom stereocenters. The fourth-order valence-corrected chi connectivity index (χ4v) is 1.93. The highest BCUT2D eigenvalue weighted by Gasteiger charge is 2.21. The Kier molecular flexibility index (Phi) is 5.56. The van der Waals surface area contributed by atoms with Gasteiger partial charge in [-0.3, -0.25) is 4.90 Å². The molecule has 1 heterocycles. The molecule has 0 fully saturated rings. The fraction of sp³-hybridized carbons (Fsp3) is 0.692. The molecule has 92 valence electrons. The number of nitrogens with zero attached hydrogens (tertiary/aromatic N) is 1. The Morgan fingerprint density at radius 2 is 2.19 bits per heavy atom. The van der Waals surface area contributed by atoms with E-state index in [-0.39, 0.29) is 6.04 Å². The average molecular weight is 224 g/mol. The van der Waals surface area contributed by atoms with E-state index in [1.165, 1.54) is 6.42 Å². The summed E-state index contributed by atoms with van der Waals surface area (Å²) in [6.07, 6.45) is 2.92. The van der Waals surface area contributed by atoms with Crippen molar-refractivity contribution in [1.82, 2.24) is 4.90 Å². The number of nitrogens with two attached hydrogens (primary N) is 1. The van der Waals surface area contributed by atoms with E-state index in [0.29, 0.717) is 12.5 Å². The monoisotopic (exact) mass is 224 g/mol. The van der Waals surface area contributed by atoms with Crippen LogP contribution in [0.3, 0.4) is 0 Å². The molecule has 1 aromatic heterocycles. The molecule has 0 aliphatic carbocycles. The topological polar surface area (TPSA) is 42.4 Å². The van der Waals surface area contributed by atoms with Crippen molar-refractivity contribution in [1.29, 1.82) is 0 Å². The first-order chi connectivity index (χ1) is 7.72. The van der Waals surface area contributed by atoms with Crippen molar-refractivity contribution in [2.45, 2.75) is 33.2 Å². The molecule has 1 rings (SSSR count). The van der Waals surface area contributed by atoms with E-state index in [9.17, 15) is 0 Å². The third-order valence-electron chi connectivity index (χ3n) is 3.18. The smallest absolute Gasteiger partial charge is 0.122 e. The molecule has 0 aliphatic rings. The number of hydrogen-bond donors (Lipinski definition) is 1. The maximum atomic E-state index is 5.86. The Hall–Kier alpha value is -0.800. The average Bonchev–Trinajstić information content (AvgIpc) is 2.82. The molecular formula is C13H24N2O. The summed E-state index contributed by atoms with van der Waals surface area (Å²) in [5.74, 6) is 1.68. The minimum Gasteiger partial charge on any atom is -0.468 e. The minimum absolute atomic E-state index is 0.217.